The molecule has 3 aromatic heterocycles. The number of benzene rings is 11. The average molecular weight is 967 g/mol. The molecule has 0 spiro atoms. The van der Waals surface area contributed by atoms with Gasteiger partial charge >= 0.3 is 0 Å². The molecule has 0 saturated carbocycles. The van der Waals surface area contributed by atoms with E-state index in [4.69, 9.17) is 8.83 Å². The van der Waals surface area contributed by atoms with E-state index in [1.54, 1.807) is 6.08 Å². The molecule has 4 nitrogen and oxygen atoms in total. The third kappa shape index (κ3) is 7.04. The molecule has 0 aliphatic heterocycles. The van der Waals surface area contributed by atoms with Crippen LogP contribution in [-0.4, -0.2) is 0 Å². The molecule has 350 valence electrons. The number of thiophene rings is 1. The smallest absolute Gasteiger partial charge is 0.159 e. The van der Waals surface area contributed by atoms with Gasteiger partial charge in [-0.2, -0.15) is 0 Å². The molecule has 0 aliphatic rings. The molecule has 0 unspecified atom stereocenters. The van der Waals surface area contributed by atoms with Crippen LogP contribution in [0.5, 0.6) is 0 Å². The van der Waals surface area contributed by atoms with E-state index in [0.717, 1.165) is 111 Å². The summed E-state index contributed by atoms with van der Waals surface area (Å²) in [7, 11) is 0. The first-order chi connectivity index (χ1) is 36.6. The van der Waals surface area contributed by atoms with Crippen LogP contribution in [0.1, 0.15) is 11.3 Å². The number of anilines is 6. The molecule has 3 heterocycles. The molecule has 0 bridgehead atoms. The minimum Gasteiger partial charge on any atom is -0.459 e. The second-order valence-electron chi connectivity index (χ2n) is 18.8. The quantitative estimate of drug-likeness (QED) is 0.128. The Hall–Kier alpha value is -9.42. The maximum absolute atomic E-state index is 6.76. The van der Waals surface area contributed by atoms with Crippen LogP contribution in [-0.2, 0) is 0 Å². The molecule has 14 aromatic rings. The number of para-hydroxylation sites is 5. The van der Waals surface area contributed by atoms with Crippen LogP contribution in [0.2, 0.25) is 0 Å². The Morgan fingerprint density at radius 3 is 1.49 bits per heavy atom. The number of allylic oxidation sites excluding steroid dienone is 2. The van der Waals surface area contributed by atoms with E-state index in [-0.39, 0.29) is 0 Å². The molecular weight excluding hydrogens is 921 g/mol. The fourth-order valence-corrected chi connectivity index (χ4v) is 12.4. The Bertz CT molecular complexity index is 4540. The molecule has 0 N–H and O–H groups in total. The van der Waals surface area contributed by atoms with Gasteiger partial charge in [0.1, 0.15) is 11.3 Å². The van der Waals surface area contributed by atoms with Crippen molar-refractivity contribution in [2.24, 2.45) is 0 Å². The van der Waals surface area contributed by atoms with Crippen molar-refractivity contribution in [3.8, 4) is 22.3 Å². The third-order valence-corrected chi connectivity index (χ3v) is 15.7. The maximum Gasteiger partial charge on any atom is 0.159 e. The van der Waals surface area contributed by atoms with Crippen molar-refractivity contribution in [1.29, 1.82) is 0 Å². The lowest BCUT2D eigenvalue weighted by atomic mass is 9.97. The molecule has 5 heteroatoms. The van der Waals surface area contributed by atoms with Gasteiger partial charge in [-0.1, -0.05) is 189 Å². The minimum absolute atomic E-state index is 0.832. The van der Waals surface area contributed by atoms with Crippen LogP contribution >= 0.6 is 11.3 Å². The van der Waals surface area contributed by atoms with Gasteiger partial charge in [0.05, 0.1) is 22.7 Å². The van der Waals surface area contributed by atoms with E-state index in [1.807, 2.05) is 30.4 Å². The lowest BCUT2D eigenvalue weighted by Crippen LogP contribution is -2.11. The predicted molar refractivity (Wildman–Crippen MR) is 316 cm³/mol. The number of rotatable bonds is 10. The van der Waals surface area contributed by atoms with E-state index < -0.39 is 0 Å². The number of furan rings is 2. The van der Waals surface area contributed by atoms with Crippen LogP contribution in [0, 0.1) is 6.92 Å². The van der Waals surface area contributed by atoms with Crippen LogP contribution in [0.15, 0.2) is 258 Å². The van der Waals surface area contributed by atoms with Gasteiger partial charge in [-0.05, 0) is 106 Å². The summed E-state index contributed by atoms with van der Waals surface area (Å²) in [4.78, 5) is 4.75. The highest BCUT2D eigenvalue weighted by Crippen LogP contribution is 2.50. The summed E-state index contributed by atoms with van der Waals surface area (Å²) < 4.78 is 16.0. The highest BCUT2D eigenvalue weighted by Gasteiger charge is 2.25. The Kier molecular flexibility index (Phi) is 10.4. The molecule has 0 aliphatic carbocycles. The topological polar surface area (TPSA) is 32.8 Å². The summed E-state index contributed by atoms with van der Waals surface area (Å²) in [6.45, 7) is 5.97. The monoisotopic (exact) mass is 966 g/mol. The second-order valence-corrected chi connectivity index (χ2v) is 19.9. The van der Waals surface area contributed by atoms with Crippen LogP contribution in [0.3, 0.4) is 0 Å². The minimum atomic E-state index is 0.832. The fraction of sp³-hybridized carbons (Fsp3) is 0.0145. The standard InChI is InChI=1S/C69H46N2O2S/c1-3-4-23-51-44(2)72-68-57(51)27-17-31-61(68)70(59-29-14-11-24-52(59)45-19-7-5-8-20-45)49-36-38-54-47(42-49)34-40-64-66(54)67-55-39-37-50(43-48(55)35-41-65(67)74-64)71(60-30-15-12-25-53(60)46-21-9-6-10-22-46)62-32-18-28-58-56-26-13-16-33-63(56)73-69(58)62/h3-43H,1H2,2H3/b23-4-. The number of fused-ring (bicyclic) bond motifs is 11. The van der Waals surface area contributed by atoms with Gasteiger partial charge in [-0.25, -0.2) is 0 Å². The van der Waals surface area contributed by atoms with Crippen molar-refractivity contribution in [2.75, 3.05) is 9.80 Å². The Morgan fingerprint density at radius 1 is 0.419 bits per heavy atom. The van der Waals surface area contributed by atoms with Gasteiger partial charge in [-0.15, -0.1) is 11.3 Å². The van der Waals surface area contributed by atoms with E-state index in [9.17, 15) is 0 Å². The van der Waals surface area contributed by atoms with E-state index >= 15 is 0 Å². The molecule has 0 fully saturated rings. The number of hydrogen-bond donors (Lipinski definition) is 0. The molecule has 0 atom stereocenters. The summed E-state index contributed by atoms with van der Waals surface area (Å²) in [6.07, 6.45) is 5.86. The summed E-state index contributed by atoms with van der Waals surface area (Å²) in [5.74, 6) is 0.861. The zero-order chi connectivity index (χ0) is 49.3. The number of aryl methyl sites for hydroxylation is 1. The first-order valence-corrected chi connectivity index (χ1v) is 25.8. The highest BCUT2D eigenvalue weighted by atomic mass is 32.1. The Labute approximate surface area is 432 Å². The van der Waals surface area contributed by atoms with Crippen molar-refractivity contribution >= 4 is 126 Å². The lowest BCUT2D eigenvalue weighted by molar-refractivity contribution is 0.578. The zero-order valence-corrected chi connectivity index (χ0v) is 41.3. The SMILES string of the molecule is C=C/C=C\c1c(C)oc2c(N(c3ccc4c(ccc5sc6ccc7cc(N(c8ccccc8-c8ccccc8)c8cccc9c8oc8ccccc89)ccc7c6c54)c3)c3ccccc3-c3ccccc3)cccc12. The van der Waals surface area contributed by atoms with E-state index in [2.05, 4.69) is 247 Å². The summed E-state index contributed by atoms with van der Waals surface area (Å²) >= 11 is 1.86. The molecule has 0 amide bonds. The summed E-state index contributed by atoms with van der Waals surface area (Å²) in [5.41, 5.74) is 14.3. The van der Waals surface area contributed by atoms with Gasteiger partial charge in [0.15, 0.2) is 11.2 Å². The van der Waals surface area contributed by atoms with Gasteiger partial charge in [0.25, 0.3) is 0 Å². The lowest BCUT2D eigenvalue weighted by Gasteiger charge is -2.28. The van der Waals surface area contributed by atoms with Gasteiger partial charge < -0.3 is 18.6 Å². The molecular formula is C69H46N2O2S. The number of nitrogens with zero attached hydrogens (tertiary/aromatic N) is 2. The first kappa shape index (κ1) is 43.4. The van der Waals surface area contributed by atoms with Crippen molar-refractivity contribution in [3.05, 3.63) is 261 Å². The van der Waals surface area contributed by atoms with Gasteiger partial charge in [-0.3, -0.25) is 0 Å². The van der Waals surface area contributed by atoms with Gasteiger partial charge in [0.2, 0.25) is 0 Å². The molecule has 0 saturated heterocycles. The van der Waals surface area contributed by atoms with Crippen molar-refractivity contribution in [1.82, 2.24) is 0 Å². The molecule has 0 radical (unpaired) electrons. The second kappa shape index (κ2) is 17.7. The fourth-order valence-electron chi connectivity index (χ4n) is 11.3. The normalized spacial score (nSPS) is 11.9. The third-order valence-electron chi connectivity index (χ3n) is 14.6. The largest absolute Gasteiger partial charge is 0.459 e. The van der Waals surface area contributed by atoms with Crippen molar-refractivity contribution in [2.45, 2.75) is 6.92 Å². The Morgan fingerprint density at radius 2 is 0.905 bits per heavy atom. The van der Waals surface area contributed by atoms with Crippen LogP contribution < -0.4 is 9.80 Å². The van der Waals surface area contributed by atoms with Crippen molar-refractivity contribution in [3.63, 3.8) is 0 Å². The zero-order valence-electron chi connectivity index (χ0n) is 40.5. The van der Waals surface area contributed by atoms with E-state index in [0.29, 0.717) is 0 Å². The van der Waals surface area contributed by atoms with Gasteiger partial charge in [0, 0.05) is 64.4 Å². The summed E-state index contributed by atoms with van der Waals surface area (Å²) in [6, 6.07) is 83.0. The van der Waals surface area contributed by atoms with Crippen molar-refractivity contribution < 1.29 is 8.83 Å². The van der Waals surface area contributed by atoms with Crippen LogP contribution in [0.4, 0.5) is 34.1 Å². The molecule has 11 aromatic carbocycles. The molecule has 14 rings (SSSR count). The maximum atomic E-state index is 6.76. The highest BCUT2D eigenvalue weighted by molar-refractivity contribution is 7.26. The first-order valence-electron chi connectivity index (χ1n) is 25.0. The average Bonchev–Trinajstić information content (AvgIpc) is 4.18. The molecule has 74 heavy (non-hydrogen) atoms. The Balaban J connectivity index is 0.959. The predicted octanol–water partition coefficient (Wildman–Crippen LogP) is 20.8. The van der Waals surface area contributed by atoms with Crippen LogP contribution in [0.25, 0.3) is 103 Å². The number of hydrogen-bond acceptors (Lipinski definition) is 5. The van der Waals surface area contributed by atoms with E-state index in [1.165, 1.54) is 30.9 Å². The summed E-state index contributed by atoms with van der Waals surface area (Å²) in [5, 5.41) is 10.5.